The maximum Gasteiger partial charge on any atom is 0.339 e. The lowest BCUT2D eigenvalue weighted by atomic mass is 10.1. The van der Waals surface area contributed by atoms with Gasteiger partial charge in [0.15, 0.2) is 0 Å². The number of rotatable bonds is 5. The smallest absolute Gasteiger partial charge is 0.339 e. The summed E-state index contributed by atoms with van der Waals surface area (Å²) in [6.07, 6.45) is 0. The standard InChI is InChI=1S/C17H13N3O5/c1-11-18-19-16(25-11)14-7-2-3-8-15(14)17(21)24-10-12-5-4-6-13(9-12)20(22)23/h2-9H,10H2,1H3. The van der Waals surface area contributed by atoms with Gasteiger partial charge in [0.2, 0.25) is 11.8 Å². The number of esters is 1. The number of carbonyl (C=O) groups is 1. The number of hydrogen-bond donors (Lipinski definition) is 0. The number of nitrogens with zero attached hydrogens (tertiary/aromatic N) is 3. The van der Waals surface area contributed by atoms with E-state index < -0.39 is 10.9 Å². The molecule has 0 atom stereocenters. The lowest BCUT2D eigenvalue weighted by molar-refractivity contribution is -0.384. The van der Waals surface area contributed by atoms with E-state index in [1.807, 2.05) is 0 Å². The number of aryl methyl sites for hydroxylation is 1. The van der Waals surface area contributed by atoms with Gasteiger partial charge < -0.3 is 9.15 Å². The van der Waals surface area contributed by atoms with Gasteiger partial charge in [0.1, 0.15) is 6.61 Å². The molecule has 0 spiro atoms. The highest BCUT2D eigenvalue weighted by atomic mass is 16.6. The van der Waals surface area contributed by atoms with E-state index >= 15 is 0 Å². The molecule has 0 N–H and O–H groups in total. The maximum atomic E-state index is 12.4. The van der Waals surface area contributed by atoms with E-state index in [1.54, 1.807) is 37.3 Å². The number of benzene rings is 2. The zero-order valence-electron chi connectivity index (χ0n) is 13.2. The Morgan fingerprint density at radius 3 is 2.72 bits per heavy atom. The first-order chi connectivity index (χ1) is 12.0. The molecule has 0 fully saturated rings. The van der Waals surface area contributed by atoms with Gasteiger partial charge in [0.25, 0.3) is 5.69 Å². The summed E-state index contributed by atoms with van der Waals surface area (Å²) in [5, 5.41) is 18.5. The molecular weight excluding hydrogens is 326 g/mol. The van der Waals surface area contributed by atoms with Gasteiger partial charge in [-0.1, -0.05) is 24.3 Å². The Balaban J connectivity index is 1.78. The van der Waals surface area contributed by atoms with Crippen LogP contribution in [0.2, 0.25) is 0 Å². The quantitative estimate of drug-likeness (QED) is 0.398. The summed E-state index contributed by atoms with van der Waals surface area (Å²) < 4.78 is 10.6. The zero-order chi connectivity index (χ0) is 17.8. The summed E-state index contributed by atoms with van der Waals surface area (Å²) in [6.45, 7) is 1.57. The third kappa shape index (κ3) is 3.69. The molecular formula is C17H13N3O5. The predicted molar refractivity (Wildman–Crippen MR) is 86.7 cm³/mol. The van der Waals surface area contributed by atoms with Gasteiger partial charge >= 0.3 is 5.97 Å². The number of nitro benzene ring substituents is 1. The van der Waals surface area contributed by atoms with E-state index in [0.717, 1.165) is 0 Å². The molecule has 0 saturated carbocycles. The third-order valence-corrected chi connectivity index (χ3v) is 3.39. The molecule has 25 heavy (non-hydrogen) atoms. The molecule has 0 unspecified atom stereocenters. The molecule has 0 aliphatic heterocycles. The van der Waals surface area contributed by atoms with Crippen LogP contribution >= 0.6 is 0 Å². The van der Waals surface area contributed by atoms with Crippen LogP contribution in [0.15, 0.2) is 52.9 Å². The van der Waals surface area contributed by atoms with Gasteiger partial charge in [0.05, 0.1) is 16.1 Å². The Morgan fingerprint density at radius 1 is 1.20 bits per heavy atom. The van der Waals surface area contributed by atoms with E-state index in [4.69, 9.17) is 9.15 Å². The summed E-state index contributed by atoms with van der Waals surface area (Å²) in [7, 11) is 0. The maximum absolute atomic E-state index is 12.4. The van der Waals surface area contributed by atoms with Crippen LogP contribution in [-0.2, 0) is 11.3 Å². The first-order valence-corrected chi connectivity index (χ1v) is 7.34. The van der Waals surface area contributed by atoms with Crippen LogP contribution < -0.4 is 0 Å². The van der Waals surface area contributed by atoms with E-state index in [1.165, 1.54) is 18.2 Å². The van der Waals surface area contributed by atoms with Crippen molar-refractivity contribution in [2.45, 2.75) is 13.5 Å². The fourth-order valence-electron chi connectivity index (χ4n) is 2.24. The van der Waals surface area contributed by atoms with Crippen molar-refractivity contribution < 1.29 is 18.9 Å². The van der Waals surface area contributed by atoms with Crippen LogP contribution in [0.5, 0.6) is 0 Å². The summed E-state index contributed by atoms with van der Waals surface area (Å²) in [4.78, 5) is 22.7. The Bertz CT molecular complexity index is 935. The van der Waals surface area contributed by atoms with Crippen LogP contribution in [0, 0.1) is 17.0 Å². The second-order valence-corrected chi connectivity index (χ2v) is 5.17. The minimum atomic E-state index is -0.585. The van der Waals surface area contributed by atoms with Crippen molar-refractivity contribution in [1.29, 1.82) is 0 Å². The second-order valence-electron chi connectivity index (χ2n) is 5.17. The molecule has 8 nitrogen and oxygen atoms in total. The van der Waals surface area contributed by atoms with Gasteiger partial charge in [-0.25, -0.2) is 4.79 Å². The van der Waals surface area contributed by atoms with Crippen molar-refractivity contribution in [2.75, 3.05) is 0 Å². The molecule has 0 amide bonds. The molecule has 3 aromatic rings. The largest absolute Gasteiger partial charge is 0.457 e. The number of carbonyl (C=O) groups excluding carboxylic acids is 1. The summed E-state index contributed by atoms with van der Waals surface area (Å²) in [5.74, 6) is 0.0214. The van der Waals surface area contributed by atoms with Crippen LogP contribution in [0.1, 0.15) is 21.8 Å². The zero-order valence-corrected chi connectivity index (χ0v) is 13.2. The molecule has 8 heteroatoms. The fraction of sp³-hybridized carbons (Fsp3) is 0.118. The first kappa shape index (κ1) is 16.3. The van der Waals surface area contributed by atoms with Crippen molar-refractivity contribution in [2.24, 2.45) is 0 Å². The number of aromatic nitrogens is 2. The SMILES string of the molecule is Cc1nnc(-c2ccccc2C(=O)OCc2cccc([N+](=O)[O-])c2)o1. The average Bonchev–Trinajstić information content (AvgIpc) is 3.06. The summed E-state index contributed by atoms with van der Waals surface area (Å²) in [6, 6.07) is 12.6. The van der Waals surface area contributed by atoms with Gasteiger partial charge in [0, 0.05) is 19.1 Å². The van der Waals surface area contributed by atoms with Crippen molar-refractivity contribution in [3.63, 3.8) is 0 Å². The molecule has 0 aliphatic carbocycles. The highest BCUT2D eigenvalue weighted by Crippen LogP contribution is 2.23. The molecule has 3 rings (SSSR count). The van der Waals surface area contributed by atoms with Crippen molar-refractivity contribution in [3.8, 4) is 11.5 Å². The highest BCUT2D eigenvalue weighted by Gasteiger charge is 2.18. The lowest BCUT2D eigenvalue weighted by Gasteiger charge is -2.07. The molecule has 0 aliphatic rings. The third-order valence-electron chi connectivity index (χ3n) is 3.39. The number of nitro groups is 1. The Morgan fingerprint density at radius 2 is 2.00 bits per heavy atom. The van der Waals surface area contributed by atoms with E-state index in [0.29, 0.717) is 17.0 Å². The second kappa shape index (κ2) is 6.91. The normalized spacial score (nSPS) is 10.4. The highest BCUT2D eigenvalue weighted by molar-refractivity contribution is 5.96. The van der Waals surface area contributed by atoms with Crippen LogP contribution in [0.3, 0.4) is 0 Å². The van der Waals surface area contributed by atoms with Gasteiger partial charge in [-0.15, -0.1) is 10.2 Å². The van der Waals surface area contributed by atoms with E-state index in [9.17, 15) is 14.9 Å². The van der Waals surface area contributed by atoms with Gasteiger partial charge in [-0.2, -0.15) is 0 Å². The minimum Gasteiger partial charge on any atom is -0.457 e. The van der Waals surface area contributed by atoms with E-state index in [2.05, 4.69) is 10.2 Å². The fourth-order valence-corrected chi connectivity index (χ4v) is 2.24. The Kier molecular flexibility index (Phi) is 4.51. The molecule has 1 heterocycles. The van der Waals surface area contributed by atoms with Crippen LogP contribution in [-0.4, -0.2) is 21.1 Å². The van der Waals surface area contributed by atoms with Crippen LogP contribution in [0.4, 0.5) is 5.69 Å². The number of hydrogen-bond acceptors (Lipinski definition) is 7. The Labute approximate surface area is 142 Å². The molecule has 2 aromatic carbocycles. The first-order valence-electron chi connectivity index (χ1n) is 7.34. The molecule has 0 saturated heterocycles. The van der Waals surface area contributed by atoms with Gasteiger partial charge in [-0.3, -0.25) is 10.1 Å². The number of non-ortho nitro benzene ring substituents is 1. The lowest BCUT2D eigenvalue weighted by Crippen LogP contribution is -2.07. The molecule has 1 aromatic heterocycles. The van der Waals surface area contributed by atoms with Crippen molar-refractivity contribution in [1.82, 2.24) is 10.2 Å². The summed E-state index contributed by atoms with van der Waals surface area (Å²) >= 11 is 0. The topological polar surface area (TPSA) is 108 Å². The van der Waals surface area contributed by atoms with Crippen LogP contribution in [0.25, 0.3) is 11.5 Å². The molecule has 126 valence electrons. The van der Waals surface area contributed by atoms with Crippen molar-refractivity contribution >= 4 is 11.7 Å². The number of ether oxygens (including phenoxy) is 1. The minimum absolute atomic E-state index is 0.0599. The summed E-state index contributed by atoms with van der Waals surface area (Å²) in [5.41, 5.74) is 1.20. The average molecular weight is 339 g/mol. The Hall–Kier alpha value is -3.55. The van der Waals surface area contributed by atoms with Crippen molar-refractivity contribution in [3.05, 3.63) is 75.7 Å². The molecule has 0 bridgehead atoms. The predicted octanol–water partition coefficient (Wildman–Crippen LogP) is 3.31. The van der Waals surface area contributed by atoms with E-state index in [-0.39, 0.29) is 23.7 Å². The van der Waals surface area contributed by atoms with Gasteiger partial charge in [-0.05, 0) is 17.7 Å². The molecule has 0 radical (unpaired) electrons. The monoisotopic (exact) mass is 339 g/mol.